The molecule has 0 aliphatic heterocycles. The molecule has 0 bridgehead atoms. The van der Waals surface area contributed by atoms with Crippen molar-refractivity contribution in [3.63, 3.8) is 0 Å². The highest BCUT2D eigenvalue weighted by molar-refractivity contribution is 5.64. The van der Waals surface area contributed by atoms with Crippen molar-refractivity contribution in [2.45, 2.75) is 19.8 Å². The molecule has 3 nitrogen and oxygen atoms in total. The fourth-order valence-electron chi connectivity index (χ4n) is 2.22. The molecule has 3 heteroatoms. The van der Waals surface area contributed by atoms with Crippen molar-refractivity contribution >= 4 is 0 Å². The Labute approximate surface area is 106 Å². The lowest BCUT2D eigenvalue weighted by atomic mass is 10.3. The highest BCUT2D eigenvalue weighted by Crippen LogP contribution is 2.23. The highest BCUT2D eigenvalue weighted by atomic mass is 14.8. The van der Waals surface area contributed by atoms with Crippen LogP contribution in [-0.4, -0.2) is 15.0 Å². The lowest BCUT2D eigenvalue weighted by Crippen LogP contribution is -1.83. The third-order valence-electron chi connectivity index (χ3n) is 3.13. The normalized spacial score (nSPS) is 10.9. The zero-order valence-electron chi connectivity index (χ0n) is 10.5. The van der Waals surface area contributed by atoms with Gasteiger partial charge in [-0.1, -0.05) is 13.3 Å². The Morgan fingerprint density at radius 2 is 1.56 bits per heavy atom. The van der Waals surface area contributed by atoms with Gasteiger partial charge in [-0.2, -0.15) is 0 Å². The second-order valence-corrected chi connectivity index (χ2v) is 4.52. The van der Waals surface area contributed by atoms with E-state index >= 15 is 0 Å². The van der Waals surface area contributed by atoms with Crippen LogP contribution in [0.5, 0.6) is 0 Å². The van der Waals surface area contributed by atoms with Gasteiger partial charge in [0.2, 0.25) is 0 Å². The molecule has 0 aromatic carbocycles. The molecule has 0 spiro atoms. The molecule has 92 valence electrons. The van der Waals surface area contributed by atoms with Crippen LogP contribution in [0, 0.1) is 0 Å². The van der Waals surface area contributed by atoms with Crippen molar-refractivity contribution in [3.8, 4) is 22.8 Å². The van der Waals surface area contributed by atoms with E-state index in [4.69, 9.17) is 0 Å². The van der Waals surface area contributed by atoms with Gasteiger partial charge in [0.05, 0.1) is 22.8 Å². The van der Waals surface area contributed by atoms with Crippen LogP contribution in [0.4, 0.5) is 0 Å². The Morgan fingerprint density at radius 3 is 2.28 bits per heavy atom. The number of aromatic nitrogens is 3. The van der Waals surface area contributed by atoms with Crippen molar-refractivity contribution in [2.24, 2.45) is 0 Å². The summed E-state index contributed by atoms with van der Waals surface area (Å²) < 4.78 is 0. The highest BCUT2D eigenvalue weighted by Gasteiger charge is 2.05. The van der Waals surface area contributed by atoms with Gasteiger partial charge in [0, 0.05) is 11.9 Å². The summed E-state index contributed by atoms with van der Waals surface area (Å²) in [6.07, 6.45) is 4.20. The first-order chi connectivity index (χ1) is 8.86. The van der Waals surface area contributed by atoms with Crippen molar-refractivity contribution < 1.29 is 0 Å². The van der Waals surface area contributed by atoms with Gasteiger partial charge in [-0.05, 0) is 42.8 Å². The van der Waals surface area contributed by atoms with Crippen molar-refractivity contribution in [1.82, 2.24) is 15.0 Å². The Kier molecular flexibility index (Phi) is 2.81. The minimum Gasteiger partial charge on any atom is -0.360 e. The standard InChI is InChI=1S/C15H17N3/c1-2-4-11-6-7-14(17-11)15-9-8-13(18-15)12-5-3-10-16-12/h3,5-10,16-18H,2,4H2,1H3. The predicted molar refractivity (Wildman–Crippen MR) is 74.4 cm³/mol. The van der Waals surface area contributed by atoms with Crippen LogP contribution < -0.4 is 0 Å². The van der Waals surface area contributed by atoms with Gasteiger partial charge < -0.3 is 15.0 Å². The van der Waals surface area contributed by atoms with E-state index in [0.29, 0.717) is 0 Å². The molecule has 0 amide bonds. The van der Waals surface area contributed by atoms with Crippen LogP contribution in [-0.2, 0) is 6.42 Å². The molecule has 3 aromatic rings. The second kappa shape index (κ2) is 4.61. The molecule has 3 rings (SSSR count). The molecule has 3 heterocycles. The first-order valence-electron chi connectivity index (χ1n) is 6.38. The molecular formula is C15H17N3. The summed E-state index contributed by atoms with van der Waals surface area (Å²) in [6.45, 7) is 2.19. The number of nitrogens with one attached hydrogen (secondary N) is 3. The summed E-state index contributed by atoms with van der Waals surface area (Å²) in [5.74, 6) is 0. The quantitative estimate of drug-likeness (QED) is 0.617. The average molecular weight is 239 g/mol. The summed E-state index contributed by atoms with van der Waals surface area (Å²) in [5, 5.41) is 0. The van der Waals surface area contributed by atoms with Gasteiger partial charge in [0.1, 0.15) is 0 Å². The van der Waals surface area contributed by atoms with Crippen LogP contribution in [0.2, 0.25) is 0 Å². The maximum absolute atomic E-state index is 3.45. The summed E-state index contributed by atoms with van der Waals surface area (Å²) in [4.78, 5) is 10.1. The van der Waals surface area contributed by atoms with Gasteiger partial charge >= 0.3 is 0 Å². The van der Waals surface area contributed by atoms with Crippen LogP contribution >= 0.6 is 0 Å². The van der Waals surface area contributed by atoms with Crippen LogP contribution in [0.3, 0.4) is 0 Å². The summed E-state index contributed by atoms with van der Waals surface area (Å²) in [5.41, 5.74) is 5.80. The van der Waals surface area contributed by atoms with E-state index in [-0.39, 0.29) is 0 Å². The van der Waals surface area contributed by atoms with Crippen molar-refractivity contribution in [1.29, 1.82) is 0 Å². The van der Waals surface area contributed by atoms with Gasteiger partial charge in [-0.25, -0.2) is 0 Å². The molecule has 0 fully saturated rings. The molecule has 0 aliphatic rings. The molecule has 18 heavy (non-hydrogen) atoms. The topological polar surface area (TPSA) is 47.4 Å². The van der Waals surface area contributed by atoms with E-state index in [9.17, 15) is 0 Å². The monoisotopic (exact) mass is 239 g/mol. The van der Waals surface area contributed by atoms with E-state index in [1.807, 2.05) is 12.3 Å². The fraction of sp³-hybridized carbons (Fsp3) is 0.200. The Morgan fingerprint density at radius 1 is 0.833 bits per heavy atom. The van der Waals surface area contributed by atoms with Crippen molar-refractivity contribution in [3.05, 3.63) is 48.3 Å². The second-order valence-electron chi connectivity index (χ2n) is 4.52. The van der Waals surface area contributed by atoms with Crippen LogP contribution in [0.1, 0.15) is 19.0 Å². The number of aryl methyl sites for hydroxylation is 1. The fourth-order valence-corrected chi connectivity index (χ4v) is 2.22. The maximum atomic E-state index is 3.45. The molecule has 0 atom stereocenters. The zero-order valence-corrected chi connectivity index (χ0v) is 10.5. The number of rotatable bonds is 4. The van der Waals surface area contributed by atoms with Crippen LogP contribution in [0.15, 0.2) is 42.6 Å². The lowest BCUT2D eigenvalue weighted by Gasteiger charge is -1.96. The molecule has 0 saturated carbocycles. The molecule has 0 saturated heterocycles. The minimum atomic E-state index is 1.10. The minimum absolute atomic E-state index is 1.10. The lowest BCUT2D eigenvalue weighted by molar-refractivity contribution is 0.893. The molecule has 0 radical (unpaired) electrons. The molecule has 0 aliphatic carbocycles. The molecule has 3 N–H and O–H groups in total. The predicted octanol–water partition coefficient (Wildman–Crippen LogP) is 3.96. The SMILES string of the molecule is CCCc1ccc(-c2ccc(-c3ccc[nH]3)[nH]2)[nH]1. The number of aromatic amines is 3. The van der Waals surface area contributed by atoms with Crippen molar-refractivity contribution in [2.75, 3.05) is 0 Å². The first-order valence-corrected chi connectivity index (χ1v) is 6.38. The molecular weight excluding hydrogens is 222 g/mol. The zero-order chi connectivity index (χ0) is 12.4. The summed E-state index contributed by atoms with van der Waals surface area (Å²) in [6, 6.07) is 12.6. The number of hydrogen-bond donors (Lipinski definition) is 3. The smallest absolute Gasteiger partial charge is 0.0624 e. The Balaban J connectivity index is 1.88. The number of H-pyrrole nitrogens is 3. The van der Waals surface area contributed by atoms with Gasteiger partial charge in [0.25, 0.3) is 0 Å². The molecule has 0 unspecified atom stereocenters. The largest absolute Gasteiger partial charge is 0.360 e. The van der Waals surface area contributed by atoms with E-state index in [1.54, 1.807) is 0 Å². The third kappa shape index (κ3) is 1.99. The van der Waals surface area contributed by atoms with E-state index in [2.05, 4.69) is 52.2 Å². The van der Waals surface area contributed by atoms with Crippen LogP contribution in [0.25, 0.3) is 22.8 Å². The Bertz CT molecular complexity index is 614. The summed E-state index contributed by atoms with van der Waals surface area (Å²) in [7, 11) is 0. The maximum Gasteiger partial charge on any atom is 0.0624 e. The first kappa shape index (κ1) is 11.0. The van der Waals surface area contributed by atoms with E-state index in [1.165, 1.54) is 12.1 Å². The van der Waals surface area contributed by atoms with Gasteiger partial charge in [0.15, 0.2) is 0 Å². The Hall–Kier alpha value is -2.16. The summed E-state index contributed by atoms with van der Waals surface area (Å²) >= 11 is 0. The third-order valence-corrected chi connectivity index (χ3v) is 3.13. The average Bonchev–Trinajstić information content (AvgIpc) is 3.10. The molecule has 3 aromatic heterocycles. The number of hydrogen-bond acceptors (Lipinski definition) is 0. The van der Waals surface area contributed by atoms with Gasteiger partial charge in [-0.3, -0.25) is 0 Å². The van der Waals surface area contributed by atoms with Gasteiger partial charge in [-0.15, -0.1) is 0 Å². The van der Waals surface area contributed by atoms with E-state index in [0.717, 1.165) is 29.2 Å². The van der Waals surface area contributed by atoms with E-state index < -0.39 is 0 Å².